The Labute approximate surface area is 257 Å². The number of ether oxygens (including phenoxy) is 4. The molecule has 1 saturated heterocycles. The molecule has 2 heterocycles. The van der Waals surface area contributed by atoms with Crippen molar-refractivity contribution >= 4 is 35.1 Å². The third-order valence-electron chi connectivity index (χ3n) is 6.80. The van der Waals surface area contributed by atoms with Gasteiger partial charge in [-0.2, -0.15) is 10.5 Å². The number of nitriles is 2. The molecule has 0 saturated carbocycles. The maximum atomic E-state index is 13.5. The van der Waals surface area contributed by atoms with Crippen LogP contribution in [0.5, 0.6) is 28.7 Å². The van der Waals surface area contributed by atoms with E-state index in [2.05, 4.69) is 11.1 Å². The lowest BCUT2D eigenvalue weighted by molar-refractivity contribution is -0.121. The van der Waals surface area contributed by atoms with Crippen LogP contribution in [0.15, 0.2) is 71.8 Å². The van der Waals surface area contributed by atoms with Gasteiger partial charge in [-0.1, -0.05) is 30.0 Å². The molecule has 0 radical (unpaired) electrons. The second-order valence-electron chi connectivity index (χ2n) is 9.35. The van der Waals surface area contributed by atoms with E-state index in [0.717, 1.165) is 16.7 Å². The Kier molecular flexibility index (Phi) is 8.56. The van der Waals surface area contributed by atoms with Crippen molar-refractivity contribution in [1.29, 1.82) is 10.5 Å². The number of methoxy groups -OCH3 is 3. The summed E-state index contributed by atoms with van der Waals surface area (Å²) in [7, 11) is 4.34. The molecule has 2 amide bonds. The predicted octanol–water partition coefficient (Wildman–Crippen LogP) is 5.32. The number of imide groups is 1. The predicted molar refractivity (Wildman–Crippen MR) is 163 cm³/mol. The van der Waals surface area contributed by atoms with Crippen molar-refractivity contribution in [2.45, 2.75) is 16.7 Å². The minimum absolute atomic E-state index is 0.0103. The highest BCUT2D eigenvalue weighted by Gasteiger charge is 2.41. The number of anilines is 2. The lowest BCUT2D eigenvalue weighted by atomic mass is 9.96. The van der Waals surface area contributed by atoms with Gasteiger partial charge < -0.3 is 24.7 Å². The monoisotopic (exact) mass is 607 g/mol. The summed E-state index contributed by atoms with van der Waals surface area (Å²) in [6.07, 6.45) is -0.127. The van der Waals surface area contributed by atoms with E-state index in [1.54, 1.807) is 36.4 Å². The Hall–Kier alpha value is -5.72. The molecule has 1 fully saturated rings. The molecule has 11 nitrogen and oxygen atoms in total. The lowest BCUT2D eigenvalue weighted by Crippen LogP contribution is -2.31. The highest BCUT2D eigenvalue weighted by atomic mass is 32.2. The number of para-hydroxylation sites is 1. The summed E-state index contributed by atoms with van der Waals surface area (Å²) in [5.41, 5.74) is 7.13. The van der Waals surface area contributed by atoms with E-state index >= 15 is 0 Å². The van der Waals surface area contributed by atoms with Crippen molar-refractivity contribution in [3.63, 3.8) is 0 Å². The SMILES string of the molecule is COc1cc(-c2c(C#N)c(N)nc(SC3CC(=O)N(c4ccc(Oc5ccccc5)cc4)C3=O)c2C#N)cc(OC)c1OC. The fourth-order valence-electron chi connectivity index (χ4n) is 4.79. The molecule has 12 heteroatoms. The van der Waals surface area contributed by atoms with E-state index in [1.807, 2.05) is 36.4 Å². The molecule has 220 valence electrons. The van der Waals surface area contributed by atoms with Gasteiger partial charge in [0.15, 0.2) is 11.5 Å². The third-order valence-corrected chi connectivity index (χ3v) is 7.97. The van der Waals surface area contributed by atoms with Crippen LogP contribution in [0.25, 0.3) is 11.1 Å². The quantitative estimate of drug-likeness (QED) is 0.245. The molecule has 1 unspecified atom stereocenters. The third kappa shape index (κ3) is 5.54. The van der Waals surface area contributed by atoms with Gasteiger partial charge in [-0.15, -0.1) is 0 Å². The number of rotatable bonds is 9. The highest BCUT2D eigenvalue weighted by Crippen LogP contribution is 2.45. The Morgan fingerprint density at radius 2 is 1.50 bits per heavy atom. The number of nitrogen functional groups attached to an aromatic ring is 1. The largest absolute Gasteiger partial charge is 0.493 e. The second kappa shape index (κ2) is 12.7. The Balaban J connectivity index is 1.47. The smallest absolute Gasteiger partial charge is 0.247 e. The molecule has 0 bridgehead atoms. The summed E-state index contributed by atoms with van der Waals surface area (Å²) in [6.45, 7) is 0. The number of thioether (sulfide) groups is 1. The van der Waals surface area contributed by atoms with Crippen LogP contribution in [0, 0.1) is 22.7 Å². The number of carbonyl (C=O) groups excluding carboxylic acids is 2. The van der Waals surface area contributed by atoms with Gasteiger partial charge >= 0.3 is 0 Å². The first-order valence-corrected chi connectivity index (χ1v) is 14.0. The number of aromatic nitrogens is 1. The molecule has 2 N–H and O–H groups in total. The Morgan fingerprint density at radius 1 is 0.886 bits per heavy atom. The van der Waals surface area contributed by atoms with Crippen molar-refractivity contribution in [2.75, 3.05) is 32.0 Å². The van der Waals surface area contributed by atoms with Crippen LogP contribution in [0.4, 0.5) is 11.5 Å². The summed E-state index contributed by atoms with van der Waals surface area (Å²) in [5.74, 6) is 1.09. The van der Waals surface area contributed by atoms with Gasteiger partial charge in [-0.25, -0.2) is 9.88 Å². The Bertz CT molecular complexity index is 1810. The van der Waals surface area contributed by atoms with Crippen LogP contribution in [0.1, 0.15) is 17.5 Å². The summed E-state index contributed by atoms with van der Waals surface area (Å²) in [4.78, 5) is 32.0. The molecule has 1 atom stereocenters. The van der Waals surface area contributed by atoms with E-state index in [9.17, 15) is 20.1 Å². The zero-order chi connectivity index (χ0) is 31.4. The summed E-state index contributed by atoms with van der Waals surface area (Å²) in [6, 6.07) is 23.1. The minimum Gasteiger partial charge on any atom is -0.493 e. The number of benzene rings is 3. The van der Waals surface area contributed by atoms with E-state index in [1.165, 1.54) is 21.3 Å². The molecule has 4 aromatic rings. The van der Waals surface area contributed by atoms with Crippen molar-refractivity contribution in [3.05, 3.63) is 77.9 Å². The van der Waals surface area contributed by atoms with Gasteiger partial charge in [0.05, 0.1) is 37.8 Å². The normalized spacial score (nSPS) is 14.1. The van der Waals surface area contributed by atoms with Crippen molar-refractivity contribution in [1.82, 2.24) is 4.98 Å². The molecule has 0 aliphatic carbocycles. The first kappa shape index (κ1) is 29.8. The fraction of sp³-hybridized carbons (Fsp3) is 0.156. The maximum Gasteiger partial charge on any atom is 0.247 e. The van der Waals surface area contributed by atoms with Crippen LogP contribution < -0.4 is 29.6 Å². The molecule has 44 heavy (non-hydrogen) atoms. The van der Waals surface area contributed by atoms with Crippen molar-refractivity contribution in [3.8, 4) is 52.0 Å². The van der Waals surface area contributed by atoms with E-state index in [4.69, 9.17) is 24.7 Å². The molecular weight excluding hydrogens is 582 g/mol. The summed E-state index contributed by atoms with van der Waals surface area (Å²) in [5, 5.41) is 19.4. The zero-order valence-electron chi connectivity index (χ0n) is 23.9. The number of amides is 2. The molecule has 1 aromatic heterocycles. The molecule has 3 aromatic carbocycles. The lowest BCUT2D eigenvalue weighted by Gasteiger charge is -2.18. The van der Waals surface area contributed by atoms with Gasteiger partial charge in [0.25, 0.3) is 0 Å². The van der Waals surface area contributed by atoms with Gasteiger partial charge in [-0.05, 0) is 54.1 Å². The van der Waals surface area contributed by atoms with Crippen LogP contribution in [-0.4, -0.2) is 43.4 Å². The molecular formula is C32H25N5O6S. The molecule has 1 aliphatic rings. The van der Waals surface area contributed by atoms with Gasteiger partial charge in [0.1, 0.15) is 40.0 Å². The minimum atomic E-state index is -0.887. The standard InChI is InChI=1S/C32H25N5O6S/c1-40-24-13-18(14-25(41-2)29(24)42-3)28-22(16-33)30(35)36-31(23(28)17-34)44-26-15-27(38)37(32(26)39)19-9-11-21(12-10-19)43-20-7-5-4-6-8-20/h4-14,26H,15H2,1-3H3,(H2,35,36). The number of hydrogen-bond acceptors (Lipinski definition) is 11. The number of nitrogens with two attached hydrogens (primary N) is 1. The van der Waals surface area contributed by atoms with Crippen LogP contribution >= 0.6 is 11.8 Å². The first-order chi connectivity index (χ1) is 21.3. The topological polar surface area (TPSA) is 161 Å². The number of pyridine rings is 1. The van der Waals surface area contributed by atoms with Gasteiger partial charge in [0, 0.05) is 12.0 Å². The van der Waals surface area contributed by atoms with Crippen LogP contribution in [-0.2, 0) is 9.59 Å². The van der Waals surface area contributed by atoms with E-state index in [0.29, 0.717) is 40.0 Å². The van der Waals surface area contributed by atoms with Gasteiger partial charge in [-0.3, -0.25) is 9.59 Å². The number of carbonyl (C=O) groups is 2. The van der Waals surface area contributed by atoms with Gasteiger partial charge in [0.2, 0.25) is 17.6 Å². The van der Waals surface area contributed by atoms with Crippen LogP contribution in [0.2, 0.25) is 0 Å². The van der Waals surface area contributed by atoms with E-state index in [-0.39, 0.29) is 34.0 Å². The van der Waals surface area contributed by atoms with Crippen molar-refractivity contribution in [2.24, 2.45) is 0 Å². The average molecular weight is 608 g/mol. The molecule has 0 spiro atoms. The zero-order valence-corrected chi connectivity index (χ0v) is 24.7. The van der Waals surface area contributed by atoms with E-state index < -0.39 is 17.1 Å². The maximum absolute atomic E-state index is 13.5. The van der Waals surface area contributed by atoms with Crippen LogP contribution in [0.3, 0.4) is 0 Å². The number of nitrogens with zero attached hydrogens (tertiary/aromatic N) is 4. The molecule has 1 aliphatic heterocycles. The Morgan fingerprint density at radius 3 is 2.07 bits per heavy atom. The van der Waals surface area contributed by atoms with Crippen molar-refractivity contribution < 1.29 is 28.5 Å². The molecule has 5 rings (SSSR count). The highest BCUT2D eigenvalue weighted by molar-refractivity contribution is 8.00. The second-order valence-corrected chi connectivity index (χ2v) is 10.5. The average Bonchev–Trinajstić information content (AvgIpc) is 3.32. The number of hydrogen-bond donors (Lipinski definition) is 1. The first-order valence-electron chi connectivity index (χ1n) is 13.1. The summed E-state index contributed by atoms with van der Waals surface area (Å²) < 4.78 is 22.1. The summed E-state index contributed by atoms with van der Waals surface area (Å²) >= 11 is 0.940. The fourth-order valence-corrected chi connectivity index (χ4v) is 5.91.